The molecule has 1 fully saturated rings. The average molecular weight is 246 g/mol. The number of halogens is 1. The van der Waals surface area contributed by atoms with E-state index >= 15 is 0 Å². The van der Waals surface area contributed by atoms with E-state index in [0.29, 0.717) is 11.6 Å². The lowest BCUT2D eigenvalue weighted by molar-refractivity contribution is 0.102. The first-order valence-corrected chi connectivity index (χ1v) is 5.72. The van der Waals surface area contributed by atoms with Crippen molar-refractivity contribution in [2.24, 2.45) is 0 Å². The lowest BCUT2D eigenvalue weighted by Gasteiger charge is -2.04. The highest BCUT2D eigenvalue weighted by molar-refractivity contribution is 6.03. The number of para-hydroxylation sites is 1. The summed E-state index contributed by atoms with van der Waals surface area (Å²) < 4.78 is 13.4. The van der Waals surface area contributed by atoms with Gasteiger partial charge in [-0.25, -0.2) is 4.39 Å². The minimum absolute atomic E-state index is 0.146. The van der Waals surface area contributed by atoms with Gasteiger partial charge in [0, 0.05) is 5.92 Å². The van der Waals surface area contributed by atoms with Crippen molar-refractivity contribution in [2.45, 2.75) is 18.8 Å². The molecule has 0 unspecified atom stereocenters. The summed E-state index contributed by atoms with van der Waals surface area (Å²) in [5, 5.41) is 12.8. The van der Waals surface area contributed by atoms with Crippen molar-refractivity contribution >= 4 is 11.6 Å². The van der Waals surface area contributed by atoms with Crippen LogP contribution in [-0.2, 0) is 0 Å². The first kappa shape index (κ1) is 10.9. The molecule has 2 aromatic rings. The number of carbonyl (C=O) groups is 1. The van der Waals surface area contributed by atoms with Crippen LogP contribution in [0.25, 0.3) is 0 Å². The Kier molecular flexibility index (Phi) is 2.55. The molecule has 5 nitrogen and oxygen atoms in total. The molecule has 18 heavy (non-hydrogen) atoms. The zero-order chi connectivity index (χ0) is 12.5. The van der Waals surface area contributed by atoms with Crippen LogP contribution in [-0.4, -0.2) is 21.3 Å². The maximum Gasteiger partial charge on any atom is 0.278 e. The van der Waals surface area contributed by atoms with Crippen LogP contribution in [0.4, 0.5) is 10.1 Å². The van der Waals surface area contributed by atoms with Gasteiger partial charge in [0.15, 0.2) is 5.69 Å². The molecule has 1 aromatic carbocycles. The predicted molar refractivity (Wildman–Crippen MR) is 62.7 cm³/mol. The maximum atomic E-state index is 13.4. The first-order chi connectivity index (χ1) is 8.75. The molecule has 2 N–H and O–H groups in total. The largest absolute Gasteiger partial charge is 0.318 e. The molecule has 0 atom stereocenters. The average Bonchev–Trinajstić information content (AvgIpc) is 3.09. The summed E-state index contributed by atoms with van der Waals surface area (Å²) in [7, 11) is 0. The molecule has 0 bridgehead atoms. The number of hydrogen-bond donors (Lipinski definition) is 2. The van der Waals surface area contributed by atoms with Gasteiger partial charge < -0.3 is 5.32 Å². The fourth-order valence-corrected chi connectivity index (χ4v) is 1.79. The quantitative estimate of drug-likeness (QED) is 0.870. The second-order valence-electron chi connectivity index (χ2n) is 4.27. The van der Waals surface area contributed by atoms with Crippen molar-refractivity contribution in [3.63, 3.8) is 0 Å². The molecule has 0 spiro atoms. The molecule has 1 aromatic heterocycles. The number of nitrogens with one attached hydrogen (secondary N) is 2. The number of amides is 1. The van der Waals surface area contributed by atoms with Gasteiger partial charge in [0.2, 0.25) is 0 Å². The number of benzene rings is 1. The SMILES string of the molecule is O=C(Nc1ccccc1F)c1n[nH]nc1C1CC1. The van der Waals surface area contributed by atoms with Gasteiger partial charge in [0.05, 0.1) is 11.4 Å². The summed E-state index contributed by atoms with van der Waals surface area (Å²) >= 11 is 0. The summed E-state index contributed by atoms with van der Waals surface area (Å²) in [6, 6.07) is 6.02. The van der Waals surface area contributed by atoms with E-state index in [9.17, 15) is 9.18 Å². The Hall–Kier alpha value is -2.24. The van der Waals surface area contributed by atoms with Crippen molar-refractivity contribution in [3.05, 3.63) is 41.5 Å². The second-order valence-corrected chi connectivity index (χ2v) is 4.27. The van der Waals surface area contributed by atoms with Gasteiger partial charge in [-0.15, -0.1) is 0 Å². The van der Waals surface area contributed by atoms with Crippen molar-refractivity contribution in [2.75, 3.05) is 5.32 Å². The molecule has 92 valence electrons. The third-order valence-corrected chi connectivity index (χ3v) is 2.88. The molecule has 0 radical (unpaired) electrons. The van der Waals surface area contributed by atoms with Crippen LogP contribution in [0.5, 0.6) is 0 Å². The smallest absolute Gasteiger partial charge is 0.278 e. The van der Waals surface area contributed by atoms with Crippen molar-refractivity contribution in [3.8, 4) is 0 Å². The maximum absolute atomic E-state index is 13.4. The van der Waals surface area contributed by atoms with E-state index in [1.54, 1.807) is 12.1 Å². The van der Waals surface area contributed by atoms with E-state index < -0.39 is 11.7 Å². The fourth-order valence-electron chi connectivity index (χ4n) is 1.79. The lowest BCUT2D eigenvalue weighted by Crippen LogP contribution is -2.15. The number of rotatable bonds is 3. The topological polar surface area (TPSA) is 70.7 Å². The van der Waals surface area contributed by atoms with E-state index in [1.165, 1.54) is 12.1 Å². The van der Waals surface area contributed by atoms with Crippen molar-refractivity contribution in [1.29, 1.82) is 0 Å². The summed E-state index contributed by atoms with van der Waals surface area (Å²) in [4.78, 5) is 12.0. The molecular formula is C12H11FN4O. The number of carbonyl (C=O) groups excluding carboxylic acids is 1. The highest BCUT2D eigenvalue weighted by Gasteiger charge is 2.31. The Balaban J connectivity index is 1.83. The highest BCUT2D eigenvalue weighted by atomic mass is 19.1. The van der Waals surface area contributed by atoms with Crippen LogP contribution >= 0.6 is 0 Å². The Labute approximate surface area is 102 Å². The third-order valence-electron chi connectivity index (χ3n) is 2.88. The number of nitrogens with zero attached hydrogens (tertiary/aromatic N) is 2. The van der Waals surface area contributed by atoms with Crippen molar-refractivity contribution in [1.82, 2.24) is 15.4 Å². The van der Waals surface area contributed by atoms with Crippen LogP contribution in [0.2, 0.25) is 0 Å². The van der Waals surface area contributed by atoms with E-state index in [4.69, 9.17) is 0 Å². The van der Waals surface area contributed by atoms with E-state index in [-0.39, 0.29) is 11.4 Å². The normalized spacial score (nSPS) is 14.5. The van der Waals surface area contributed by atoms with E-state index in [0.717, 1.165) is 12.8 Å². The fraction of sp³-hybridized carbons (Fsp3) is 0.250. The summed E-state index contributed by atoms with van der Waals surface area (Å²) in [5.41, 5.74) is 1.07. The van der Waals surface area contributed by atoms with Crippen LogP contribution in [0.1, 0.15) is 34.9 Å². The highest BCUT2D eigenvalue weighted by Crippen LogP contribution is 2.40. The monoisotopic (exact) mass is 246 g/mol. The van der Waals surface area contributed by atoms with Gasteiger partial charge in [-0.3, -0.25) is 4.79 Å². The predicted octanol–water partition coefficient (Wildman–Crippen LogP) is 2.07. The standard InChI is InChI=1S/C12H11FN4O/c13-8-3-1-2-4-9(8)14-12(18)11-10(7-5-6-7)15-17-16-11/h1-4,7H,5-6H2,(H,14,18)(H,15,16,17). The summed E-state index contributed by atoms with van der Waals surface area (Å²) in [5.74, 6) is -0.594. The minimum atomic E-state index is -0.470. The Morgan fingerprint density at radius 2 is 2.11 bits per heavy atom. The van der Waals surface area contributed by atoms with Gasteiger partial charge in [-0.05, 0) is 25.0 Å². The zero-order valence-corrected chi connectivity index (χ0v) is 9.48. The third kappa shape index (κ3) is 1.97. The Morgan fingerprint density at radius 3 is 2.83 bits per heavy atom. The molecular weight excluding hydrogens is 235 g/mol. The zero-order valence-electron chi connectivity index (χ0n) is 9.48. The molecule has 0 aliphatic heterocycles. The van der Waals surface area contributed by atoms with Gasteiger partial charge in [0.25, 0.3) is 5.91 Å². The number of hydrogen-bond acceptors (Lipinski definition) is 3. The minimum Gasteiger partial charge on any atom is -0.318 e. The molecule has 6 heteroatoms. The number of aromatic amines is 1. The summed E-state index contributed by atoms with van der Waals surface area (Å²) in [6.45, 7) is 0. The lowest BCUT2D eigenvalue weighted by atomic mass is 10.2. The van der Waals surface area contributed by atoms with Gasteiger partial charge in [0.1, 0.15) is 5.82 Å². The molecule has 1 saturated carbocycles. The number of anilines is 1. The van der Waals surface area contributed by atoms with Gasteiger partial charge >= 0.3 is 0 Å². The molecule has 0 saturated heterocycles. The molecule has 1 aliphatic carbocycles. The second kappa shape index (κ2) is 4.21. The van der Waals surface area contributed by atoms with E-state index in [2.05, 4.69) is 20.7 Å². The van der Waals surface area contributed by atoms with Crippen LogP contribution in [0.3, 0.4) is 0 Å². The Morgan fingerprint density at radius 1 is 1.33 bits per heavy atom. The van der Waals surface area contributed by atoms with Gasteiger partial charge in [-0.2, -0.15) is 15.4 Å². The Bertz CT molecular complexity index is 591. The van der Waals surface area contributed by atoms with Crippen LogP contribution in [0.15, 0.2) is 24.3 Å². The first-order valence-electron chi connectivity index (χ1n) is 5.72. The van der Waals surface area contributed by atoms with Crippen molar-refractivity contribution < 1.29 is 9.18 Å². The number of H-pyrrole nitrogens is 1. The van der Waals surface area contributed by atoms with Crippen LogP contribution < -0.4 is 5.32 Å². The van der Waals surface area contributed by atoms with Gasteiger partial charge in [-0.1, -0.05) is 12.1 Å². The van der Waals surface area contributed by atoms with Crippen LogP contribution in [0, 0.1) is 5.82 Å². The molecule has 1 aliphatic rings. The summed E-state index contributed by atoms with van der Waals surface area (Å²) in [6.07, 6.45) is 2.04. The molecule has 3 rings (SSSR count). The van der Waals surface area contributed by atoms with E-state index in [1.807, 2.05) is 0 Å². The molecule has 1 heterocycles. The number of aromatic nitrogens is 3. The molecule has 1 amide bonds.